The summed E-state index contributed by atoms with van der Waals surface area (Å²) in [5.74, 6) is 0. The molecule has 0 saturated heterocycles. The van der Waals surface area contributed by atoms with Crippen LogP contribution in [-0.2, 0) is 29.4 Å². The van der Waals surface area contributed by atoms with Crippen molar-refractivity contribution in [3.63, 3.8) is 0 Å². The van der Waals surface area contributed by atoms with Crippen LogP contribution in [0.2, 0.25) is 0 Å². The summed E-state index contributed by atoms with van der Waals surface area (Å²) < 4.78 is 27.6. The third-order valence-corrected chi connectivity index (χ3v) is 6.92. The molecule has 0 fully saturated rings. The van der Waals surface area contributed by atoms with Crippen molar-refractivity contribution in [2.45, 2.75) is 38.1 Å². The minimum Gasteiger partial charge on any atom is -0.358 e. The fourth-order valence-corrected chi connectivity index (χ4v) is 4.97. The summed E-state index contributed by atoms with van der Waals surface area (Å²) in [6.07, 6.45) is 1.62. The van der Waals surface area contributed by atoms with Crippen LogP contribution < -0.4 is 0 Å². The average Bonchev–Trinajstić information content (AvgIpc) is 2.98. The molecule has 0 atom stereocenters. The molecule has 1 aromatic heterocycles. The molecule has 4 rings (SSSR count). The summed E-state index contributed by atoms with van der Waals surface area (Å²) in [4.78, 5) is 3.84. The van der Waals surface area contributed by atoms with E-state index in [-0.39, 0.29) is 0 Å². The van der Waals surface area contributed by atoms with E-state index in [1.165, 1.54) is 5.56 Å². The quantitative estimate of drug-likeness (QED) is 0.778. The summed E-state index contributed by atoms with van der Waals surface area (Å²) in [5.41, 5.74) is 5.71. The molecule has 2 heterocycles. The Labute approximate surface area is 148 Å². The third kappa shape index (κ3) is 2.77. The lowest BCUT2D eigenvalue weighted by atomic mass is 10.1. The molecule has 0 bridgehead atoms. The zero-order chi connectivity index (χ0) is 17.6. The summed E-state index contributed by atoms with van der Waals surface area (Å²) in [7, 11) is -3.46. The van der Waals surface area contributed by atoms with Crippen molar-refractivity contribution in [3.8, 4) is 0 Å². The van der Waals surface area contributed by atoms with Gasteiger partial charge in [-0.1, -0.05) is 31.2 Å². The van der Waals surface area contributed by atoms with Crippen LogP contribution in [0.5, 0.6) is 0 Å². The maximum Gasteiger partial charge on any atom is 0.243 e. The molecule has 1 aliphatic rings. The zero-order valence-corrected chi connectivity index (χ0v) is 15.4. The largest absolute Gasteiger partial charge is 0.358 e. The van der Waals surface area contributed by atoms with E-state index >= 15 is 0 Å². The molecule has 0 unspecified atom stereocenters. The molecule has 0 amide bonds. The van der Waals surface area contributed by atoms with Crippen LogP contribution in [0.3, 0.4) is 0 Å². The number of nitrogens with zero attached hydrogens (tertiary/aromatic N) is 1. The van der Waals surface area contributed by atoms with Crippen molar-refractivity contribution in [1.29, 1.82) is 0 Å². The van der Waals surface area contributed by atoms with Crippen LogP contribution in [0.15, 0.2) is 47.4 Å². The SMILES string of the molecule is CCc1ccc(S(=O)(=O)N2CCc3[nH]c4cc(C)ccc4c3C2)cc1. The van der Waals surface area contributed by atoms with Crippen LogP contribution in [0, 0.1) is 6.92 Å². The van der Waals surface area contributed by atoms with Crippen molar-refractivity contribution >= 4 is 20.9 Å². The maximum atomic E-state index is 13.0. The molecular weight excluding hydrogens is 332 g/mol. The highest BCUT2D eigenvalue weighted by molar-refractivity contribution is 7.89. The van der Waals surface area contributed by atoms with Crippen LogP contribution in [-0.4, -0.2) is 24.3 Å². The van der Waals surface area contributed by atoms with Gasteiger partial charge in [-0.15, -0.1) is 0 Å². The van der Waals surface area contributed by atoms with Gasteiger partial charge in [0.1, 0.15) is 0 Å². The highest BCUT2D eigenvalue weighted by atomic mass is 32.2. The van der Waals surface area contributed by atoms with Gasteiger partial charge in [0.25, 0.3) is 0 Å². The number of aryl methyl sites for hydroxylation is 2. The molecule has 5 heteroatoms. The van der Waals surface area contributed by atoms with E-state index in [4.69, 9.17) is 0 Å². The molecule has 1 N–H and O–H groups in total. The van der Waals surface area contributed by atoms with Gasteiger partial charge in [-0.3, -0.25) is 0 Å². The number of hydrogen-bond acceptors (Lipinski definition) is 2. The van der Waals surface area contributed by atoms with Crippen LogP contribution in [0.1, 0.15) is 29.3 Å². The molecule has 4 nitrogen and oxygen atoms in total. The predicted molar refractivity (Wildman–Crippen MR) is 100 cm³/mol. The minimum atomic E-state index is -3.46. The standard InChI is InChI=1S/C20H22N2O2S/c1-3-15-5-7-16(8-6-15)25(23,24)22-11-10-19-18(13-22)17-9-4-14(2)12-20(17)21-19/h4-9,12,21H,3,10-11,13H2,1-2H3. The normalized spacial score (nSPS) is 15.4. The van der Waals surface area contributed by atoms with E-state index < -0.39 is 10.0 Å². The van der Waals surface area contributed by atoms with Gasteiger partial charge in [-0.05, 0) is 48.2 Å². The molecular formula is C20H22N2O2S. The summed E-state index contributed by atoms with van der Waals surface area (Å²) in [6, 6.07) is 13.5. The molecule has 0 aliphatic carbocycles. The Kier molecular flexibility index (Phi) is 3.93. The number of fused-ring (bicyclic) bond motifs is 3. The Bertz CT molecular complexity index is 1030. The number of sulfonamides is 1. The highest BCUT2D eigenvalue weighted by Crippen LogP contribution is 2.31. The second kappa shape index (κ2) is 6.00. The maximum absolute atomic E-state index is 13.0. The van der Waals surface area contributed by atoms with E-state index in [0.717, 1.165) is 40.6 Å². The van der Waals surface area contributed by atoms with Crippen molar-refractivity contribution in [1.82, 2.24) is 9.29 Å². The number of rotatable bonds is 3. The lowest BCUT2D eigenvalue weighted by Gasteiger charge is -2.26. The Balaban J connectivity index is 1.70. The number of aromatic nitrogens is 1. The number of hydrogen-bond donors (Lipinski definition) is 1. The van der Waals surface area contributed by atoms with Crippen LogP contribution in [0.4, 0.5) is 0 Å². The average molecular weight is 354 g/mol. The van der Waals surface area contributed by atoms with Gasteiger partial charge in [0.05, 0.1) is 4.90 Å². The summed E-state index contributed by atoms with van der Waals surface area (Å²) in [5, 5.41) is 1.13. The molecule has 2 aromatic carbocycles. The number of nitrogens with one attached hydrogen (secondary N) is 1. The Morgan fingerprint density at radius 1 is 1.12 bits per heavy atom. The number of benzene rings is 2. The van der Waals surface area contributed by atoms with E-state index in [1.807, 2.05) is 12.1 Å². The number of aromatic amines is 1. The van der Waals surface area contributed by atoms with Gasteiger partial charge in [-0.25, -0.2) is 8.42 Å². The van der Waals surface area contributed by atoms with Crippen molar-refractivity contribution in [3.05, 3.63) is 64.8 Å². The van der Waals surface area contributed by atoms with E-state index in [9.17, 15) is 8.42 Å². The summed E-state index contributed by atoms with van der Waals surface area (Å²) >= 11 is 0. The van der Waals surface area contributed by atoms with Gasteiger partial charge in [0.2, 0.25) is 10.0 Å². The monoisotopic (exact) mass is 354 g/mol. The Hall–Kier alpha value is -2.11. The first-order chi connectivity index (χ1) is 12.0. The van der Waals surface area contributed by atoms with Gasteiger partial charge in [-0.2, -0.15) is 4.31 Å². The predicted octanol–water partition coefficient (Wildman–Crippen LogP) is 3.79. The lowest BCUT2D eigenvalue weighted by Crippen LogP contribution is -2.35. The van der Waals surface area contributed by atoms with Crippen molar-refractivity contribution in [2.24, 2.45) is 0 Å². The summed E-state index contributed by atoms with van der Waals surface area (Å²) in [6.45, 7) is 5.07. The molecule has 0 saturated carbocycles. The molecule has 25 heavy (non-hydrogen) atoms. The first-order valence-corrected chi connectivity index (χ1v) is 10.1. The first kappa shape index (κ1) is 16.4. The third-order valence-electron chi connectivity index (χ3n) is 5.07. The van der Waals surface area contributed by atoms with Gasteiger partial charge in [0.15, 0.2) is 0 Å². The van der Waals surface area contributed by atoms with Gasteiger partial charge < -0.3 is 4.98 Å². The molecule has 0 spiro atoms. The zero-order valence-electron chi connectivity index (χ0n) is 14.5. The van der Waals surface area contributed by atoms with Crippen LogP contribution in [0.25, 0.3) is 10.9 Å². The highest BCUT2D eigenvalue weighted by Gasteiger charge is 2.30. The fraction of sp³-hybridized carbons (Fsp3) is 0.300. The number of H-pyrrole nitrogens is 1. The minimum absolute atomic E-state index is 0.379. The molecule has 3 aromatic rings. The fourth-order valence-electron chi connectivity index (χ4n) is 3.56. The Morgan fingerprint density at radius 3 is 2.60 bits per heavy atom. The van der Waals surface area contributed by atoms with Gasteiger partial charge in [0, 0.05) is 36.1 Å². The topological polar surface area (TPSA) is 53.2 Å². The van der Waals surface area contributed by atoms with Crippen molar-refractivity contribution < 1.29 is 8.42 Å². The molecule has 1 aliphatic heterocycles. The van der Waals surface area contributed by atoms with E-state index in [0.29, 0.717) is 18.0 Å². The first-order valence-electron chi connectivity index (χ1n) is 8.68. The van der Waals surface area contributed by atoms with Gasteiger partial charge >= 0.3 is 0 Å². The second-order valence-electron chi connectivity index (χ2n) is 6.72. The Morgan fingerprint density at radius 2 is 1.88 bits per heavy atom. The second-order valence-corrected chi connectivity index (χ2v) is 8.66. The van der Waals surface area contributed by atoms with Crippen LogP contribution >= 0.6 is 0 Å². The smallest absolute Gasteiger partial charge is 0.243 e. The van der Waals surface area contributed by atoms with E-state index in [1.54, 1.807) is 16.4 Å². The van der Waals surface area contributed by atoms with E-state index in [2.05, 4.69) is 37.0 Å². The van der Waals surface area contributed by atoms with Crippen molar-refractivity contribution in [2.75, 3.05) is 6.54 Å². The molecule has 130 valence electrons. The molecule has 0 radical (unpaired) electrons. The lowest BCUT2D eigenvalue weighted by molar-refractivity contribution is 0.391.